The van der Waals surface area contributed by atoms with Crippen LogP contribution in [-0.2, 0) is 16.2 Å². The molecule has 1 aliphatic rings. The van der Waals surface area contributed by atoms with E-state index >= 15 is 0 Å². The molecule has 0 spiro atoms. The Morgan fingerprint density at radius 3 is 2.84 bits per heavy atom. The fraction of sp³-hybridized carbons (Fsp3) is 0.158. The van der Waals surface area contributed by atoms with Crippen LogP contribution in [-0.4, -0.2) is 38.5 Å². The number of thioether (sulfide) groups is 1. The Labute approximate surface area is 185 Å². The minimum Gasteiger partial charge on any atom is -0.488 e. The van der Waals surface area contributed by atoms with Crippen molar-refractivity contribution in [2.24, 2.45) is 10.2 Å². The highest BCUT2D eigenvalue weighted by atomic mass is 35.5. The number of nitro groups is 1. The van der Waals surface area contributed by atoms with Gasteiger partial charge in [0.2, 0.25) is 5.91 Å². The van der Waals surface area contributed by atoms with Gasteiger partial charge < -0.3 is 15.2 Å². The third kappa shape index (κ3) is 6.03. The molecule has 0 aromatic heterocycles. The van der Waals surface area contributed by atoms with Crippen molar-refractivity contribution >= 4 is 52.3 Å². The lowest BCUT2D eigenvalue weighted by Gasteiger charge is -2.10. The fourth-order valence-electron chi connectivity index (χ4n) is 2.54. The summed E-state index contributed by atoms with van der Waals surface area (Å²) in [5, 5.41) is 29.9. The molecule has 0 aliphatic carbocycles. The average molecular weight is 463 g/mol. The van der Waals surface area contributed by atoms with Gasteiger partial charge in [-0.1, -0.05) is 41.6 Å². The molecule has 31 heavy (non-hydrogen) atoms. The zero-order valence-electron chi connectivity index (χ0n) is 15.7. The molecule has 160 valence electrons. The number of amides is 1. The third-order valence-electron chi connectivity index (χ3n) is 4.03. The lowest BCUT2D eigenvalue weighted by Crippen LogP contribution is -2.26. The zero-order valence-corrected chi connectivity index (χ0v) is 17.3. The average Bonchev–Trinajstić information content (AvgIpc) is 3.06. The summed E-state index contributed by atoms with van der Waals surface area (Å²) < 4.78 is 5.75. The van der Waals surface area contributed by atoms with Crippen LogP contribution in [0.2, 0.25) is 5.02 Å². The predicted molar refractivity (Wildman–Crippen MR) is 116 cm³/mol. The number of ether oxygens (including phenoxy) is 1. The van der Waals surface area contributed by atoms with Gasteiger partial charge in [-0.25, -0.2) is 0 Å². The molecular weight excluding hydrogens is 448 g/mol. The highest BCUT2D eigenvalue weighted by Gasteiger charge is 2.32. The Morgan fingerprint density at radius 1 is 1.35 bits per heavy atom. The Hall–Kier alpha value is -3.44. The lowest BCUT2D eigenvalue weighted by molar-refractivity contribution is -0.384. The van der Waals surface area contributed by atoms with Crippen molar-refractivity contribution in [3.63, 3.8) is 0 Å². The van der Waals surface area contributed by atoms with Gasteiger partial charge in [-0.15, -0.1) is 5.10 Å². The van der Waals surface area contributed by atoms with Crippen LogP contribution in [0.1, 0.15) is 17.5 Å². The number of carboxylic acids is 1. The number of rotatable bonds is 8. The summed E-state index contributed by atoms with van der Waals surface area (Å²) in [4.78, 5) is 33.1. The van der Waals surface area contributed by atoms with Crippen LogP contribution in [0.25, 0.3) is 0 Å². The first-order valence-electron chi connectivity index (χ1n) is 8.78. The highest BCUT2D eigenvalue weighted by molar-refractivity contribution is 8.15. The molecule has 0 unspecified atom stereocenters. The van der Waals surface area contributed by atoms with E-state index in [2.05, 4.69) is 15.5 Å². The van der Waals surface area contributed by atoms with Crippen LogP contribution in [0.15, 0.2) is 52.7 Å². The van der Waals surface area contributed by atoms with Crippen LogP contribution in [0.5, 0.6) is 5.75 Å². The maximum Gasteiger partial charge on any atom is 0.305 e. The van der Waals surface area contributed by atoms with E-state index < -0.39 is 22.0 Å². The SMILES string of the molecule is O=C(O)C[C@H]1SC(=NN=Cc2cc([N+](=O)[O-])ccc2OCc2ccccc2Cl)NC1=O. The van der Waals surface area contributed by atoms with Crippen molar-refractivity contribution in [3.05, 3.63) is 68.7 Å². The van der Waals surface area contributed by atoms with E-state index in [0.717, 1.165) is 17.3 Å². The van der Waals surface area contributed by atoms with Gasteiger partial charge in [0.05, 0.1) is 17.6 Å². The Bertz CT molecular complexity index is 1090. The number of hydrogen-bond acceptors (Lipinski definition) is 8. The number of carboxylic acid groups (broad SMARTS) is 1. The van der Waals surface area contributed by atoms with Gasteiger partial charge in [-0.2, -0.15) is 5.10 Å². The van der Waals surface area contributed by atoms with E-state index in [1.54, 1.807) is 18.2 Å². The summed E-state index contributed by atoms with van der Waals surface area (Å²) >= 11 is 7.07. The molecule has 1 fully saturated rings. The van der Waals surface area contributed by atoms with Crippen molar-refractivity contribution in [3.8, 4) is 5.75 Å². The molecule has 1 saturated heterocycles. The molecule has 1 heterocycles. The molecule has 2 aromatic rings. The number of non-ortho nitro benzene ring substituents is 1. The fourth-order valence-corrected chi connectivity index (χ4v) is 3.65. The number of halogens is 1. The van der Waals surface area contributed by atoms with Gasteiger partial charge in [0.25, 0.3) is 5.69 Å². The monoisotopic (exact) mass is 462 g/mol. The number of amidine groups is 1. The Morgan fingerprint density at radius 2 is 2.13 bits per heavy atom. The predicted octanol–water partition coefficient (Wildman–Crippen LogP) is 3.22. The quantitative estimate of drug-likeness (QED) is 0.348. The summed E-state index contributed by atoms with van der Waals surface area (Å²) in [5.74, 6) is -1.25. The number of nitrogens with zero attached hydrogens (tertiary/aromatic N) is 3. The topological polar surface area (TPSA) is 143 Å². The number of hydrogen-bond donors (Lipinski definition) is 2. The smallest absolute Gasteiger partial charge is 0.305 e. The van der Waals surface area contributed by atoms with Gasteiger partial charge in [-0.3, -0.25) is 19.7 Å². The van der Waals surface area contributed by atoms with Gasteiger partial charge in [0, 0.05) is 28.3 Å². The van der Waals surface area contributed by atoms with Crippen molar-refractivity contribution in [2.75, 3.05) is 0 Å². The first-order valence-corrected chi connectivity index (χ1v) is 10.0. The molecule has 2 N–H and O–H groups in total. The molecule has 12 heteroatoms. The molecule has 10 nitrogen and oxygen atoms in total. The number of carbonyl (C=O) groups is 2. The van der Waals surface area contributed by atoms with Crippen molar-refractivity contribution < 1.29 is 24.4 Å². The van der Waals surface area contributed by atoms with E-state index in [4.69, 9.17) is 21.4 Å². The maximum atomic E-state index is 11.7. The number of nitrogens with one attached hydrogen (secondary N) is 1. The van der Waals surface area contributed by atoms with E-state index in [0.29, 0.717) is 16.3 Å². The van der Waals surface area contributed by atoms with Crippen LogP contribution in [0.3, 0.4) is 0 Å². The summed E-state index contributed by atoms with van der Waals surface area (Å²) in [6.07, 6.45) is 0.906. The van der Waals surface area contributed by atoms with Gasteiger partial charge in [0.1, 0.15) is 17.6 Å². The third-order valence-corrected chi connectivity index (χ3v) is 5.47. The molecule has 1 amide bonds. The van der Waals surface area contributed by atoms with E-state index in [9.17, 15) is 19.7 Å². The van der Waals surface area contributed by atoms with Crippen LogP contribution in [0.4, 0.5) is 5.69 Å². The normalized spacial score (nSPS) is 17.1. The molecule has 0 radical (unpaired) electrons. The highest BCUT2D eigenvalue weighted by Crippen LogP contribution is 2.26. The summed E-state index contributed by atoms with van der Waals surface area (Å²) in [7, 11) is 0. The van der Waals surface area contributed by atoms with E-state index in [1.165, 1.54) is 24.4 Å². The van der Waals surface area contributed by atoms with Crippen LogP contribution >= 0.6 is 23.4 Å². The van der Waals surface area contributed by atoms with Crippen LogP contribution in [0, 0.1) is 10.1 Å². The number of benzene rings is 2. The standard InChI is InChI=1S/C19H15ClN4O6S/c20-14-4-2-1-3-11(14)10-30-15-6-5-13(24(28)29)7-12(15)9-21-23-19-22-18(27)16(31-19)8-17(25)26/h1-7,9,16H,8,10H2,(H,25,26)(H,22,23,27)/t16-/m1/s1. The largest absolute Gasteiger partial charge is 0.488 e. The maximum absolute atomic E-state index is 11.7. The van der Waals surface area contributed by atoms with E-state index in [-0.39, 0.29) is 23.9 Å². The van der Waals surface area contributed by atoms with Crippen molar-refractivity contribution in [1.29, 1.82) is 0 Å². The first kappa shape index (κ1) is 22.2. The zero-order chi connectivity index (χ0) is 22.4. The number of carbonyl (C=O) groups excluding carboxylic acids is 1. The molecule has 1 atom stereocenters. The van der Waals surface area contributed by atoms with Crippen LogP contribution < -0.4 is 10.1 Å². The molecule has 0 bridgehead atoms. The molecule has 3 rings (SSSR count). The molecule has 2 aromatic carbocycles. The second kappa shape index (κ2) is 10.0. The number of nitro benzene ring substituents is 1. The van der Waals surface area contributed by atoms with Crippen molar-refractivity contribution in [2.45, 2.75) is 18.3 Å². The summed E-state index contributed by atoms with van der Waals surface area (Å²) in [5.41, 5.74) is 0.867. The van der Waals surface area contributed by atoms with Crippen molar-refractivity contribution in [1.82, 2.24) is 5.32 Å². The Balaban J connectivity index is 1.77. The second-order valence-electron chi connectivity index (χ2n) is 6.20. The number of aliphatic carboxylic acids is 1. The van der Waals surface area contributed by atoms with Gasteiger partial charge >= 0.3 is 5.97 Å². The molecule has 1 aliphatic heterocycles. The first-order chi connectivity index (χ1) is 14.8. The molecule has 0 saturated carbocycles. The lowest BCUT2D eigenvalue weighted by atomic mass is 10.2. The summed E-state index contributed by atoms with van der Waals surface area (Å²) in [6, 6.07) is 11.1. The molecular formula is C19H15ClN4O6S. The second-order valence-corrected chi connectivity index (χ2v) is 7.80. The minimum atomic E-state index is -1.10. The minimum absolute atomic E-state index is 0.135. The van der Waals surface area contributed by atoms with E-state index in [1.807, 2.05) is 6.07 Å². The Kier molecular flexibility index (Phi) is 7.21. The van der Waals surface area contributed by atoms with Gasteiger partial charge in [-0.05, 0) is 12.1 Å². The van der Waals surface area contributed by atoms with Gasteiger partial charge in [0.15, 0.2) is 5.17 Å². The summed E-state index contributed by atoms with van der Waals surface area (Å²) in [6.45, 7) is 0.135.